The van der Waals surface area contributed by atoms with Gasteiger partial charge in [0, 0.05) is 18.2 Å². The van der Waals surface area contributed by atoms with E-state index in [-0.39, 0.29) is 11.5 Å². The second-order valence-electron chi connectivity index (χ2n) is 5.48. The Bertz CT molecular complexity index is 520. The largest absolute Gasteiger partial charge is 0.478 e. The van der Waals surface area contributed by atoms with Crippen LogP contribution in [0, 0.1) is 6.92 Å². The van der Waals surface area contributed by atoms with E-state index in [1.165, 1.54) is 6.07 Å². The number of amides is 1. The van der Waals surface area contributed by atoms with Crippen molar-refractivity contribution in [2.75, 3.05) is 6.54 Å². The monoisotopic (exact) mass is 275 g/mol. The van der Waals surface area contributed by atoms with Crippen LogP contribution in [0.5, 0.6) is 0 Å². The maximum atomic E-state index is 12.6. The summed E-state index contributed by atoms with van der Waals surface area (Å²) >= 11 is 0. The van der Waals surface area contributed by atoms with Crippen LogP contribution in [0.15, 0.2) is 18.2 Å². The molecule has 2 rings (SSSR count). The van der Waals surface area contributed by atoms with Gasteiger partial charge in [0.2, 0.25) is 0 Å². The van der Waals surface area contributed by atoms with Crippen LogP contribution in [0.3, 0.4) is 0 Å². The van der Waals surface area contributed by atoms with Crippen LogP contribution in [0.25, 0.3) is 0 Å². The van der Waals surface area contributed by atoms with Crippen LogP contribution < -0.4 is 0 Å². The molecule has 1 fully saturated rings. The quantitative estimate of drug-likeness (QED) is 0.868. The number of benzene rings is 1. The minimum absolute atomic E-state index is 0.0350. The Balaban J connectivity index is 2.24. The zero-order valence-electron chi connectivity index (χ0n) is 12.1. The van der Waals surface area contributed by atoms with Gasteiger partial charge in [-0.2, -0.15) is 0 Å². The highest BCUT2D eigenvalue weighted by atomic mass is 16.4. The van der Waals surface area contributed by atoms with Crippen LogP contribution >= 0.6 is 0 Å². The van der Waals surface area contributed by atoms with Gasteiger partial charge in [-0.25, -0.2) is 4.79 Å². The van der Waals surface area contributed by atoms with Gasteiger partial charge in [0.15, 0.2) is 0 Å². The van der Waals surface area contributed by atoms with Gasteiger partial charge in [0.25, 0.3) is 5.91 Å². The molecule has 1 aromatic carbocycles. The van der Waals surface area contributed by atoms with Crippen LogP contribution in [0.2, 0.25) is 0 Å². The summed E-state index contributed by atoms with van der Waals surface area (Å²) in [7, 11) is 0. The van der Waals surface area contributed by atoms with Gasteiger partial charge in [-0.3, -0.25) is 4.79 Å². The number of carbonyl (C=O) groups is 2. The third-order valence-electron chi connectivity index (χ3n) is 3.57. The highest BCUT2D eigenvalue weighted by molar-refractivity contribution is 5.98. The number of carboxylic acid groups (broad SMARTS) is 1. The van der Waals surface area contributed by atoms with Crippen molar-refractivity contribution in [3.8, 4) is 0 Å². The smallest absolute Gasteiger partial charge is 0.335 e. The van der Waals surface area contributed by atoms with E-state index in [2.05, 4.69) is 6.92 Å². The lowest BCUT2D eigenvalue weighted by atomic mass is 10.1. The number of unbranched alkanes of at least 4 members (excludes halogenated alkanes) is 1. The number of hydrogen-bond donors (Lipinski definition) is 1. The lowest BCUT2D eigenvalue weighted by Gasteiger charge is -2.22. The molecule has 4 nitrogen and oxygen atoms in total. The van der Waals surface area contributed by atoms with E-state index in [1.54, 1.807) is 12.1 Å². The van der Waals surface area contributed by atoms with Crippen LogP contribution in [0.1, 0.15) is 58.9 Å². The SMILES string of the molecule is CCCCN(C(=O)c1cc(C)cc(C(=O)O)c1)C1CC1. The Kier molecular flexibility index (Phi) is 4.42. The van der Waals surface area contributed by atoms with Crippen molar-refractivity contribution in [2.45, 2.75) is 45.6 Å². The summed E-state index contributed by atoms with van der Waals surface area (Å²) in [5.41, 5.74) is 1.48. The van der Waals surface area contributed by atoms with Gasteiger partial charge in [0.1, 0.15) is 0 Å². The van der Waals surface area contributed by atoms with Crippen molar-refractivity contribution in [1.82, 2.24) is 4.90 Å². The Morgan fingerprint density at radius 3 is 2.45 bits per heavy atom. The first-order valence-electron chi connectivity index (χ1n) is 7.19. The lowest BCUT2D eigenvalue weighted by molar-refractivity contribution is 0.0696. The third-order valence-corrected chi connectivity index (χ3v) is 3.57. The molecule has 0 radical (unpaired) electrons. The molecule has 0 heterocycles. The van der Waals surface area contributed by atoms with E-state index in [0.717, 1.165) is 37.8 Å². The molecule has 0 unspecified atom stereocenters. The Morgan fingerprint density at radius 1 is 1.25 bits per heavy atom. The van der Waals surface area contributed by atoms with Gasteiger partial charge >= 0.3 is 5.97 Å². The first-order valence-corrected chi connectivity index (χ1v) is 7.19. The van der Waals surface area contributed by atoms with Crippen LogP contribution in [-0.4, -0.2) is 34.5 Å². The van der Waals surface area contributed by atoms with E-state index in [4.69, 9.17) is 5.11 Å². The second-order valence-corrected chi connectivity index (χ2v) is 5.48. The summed E-state index contributed by atoms with van der Waals surface area (Å²) in [5.74, 6) is -1.03. The Morgan fingerprint density at radius 2 is 1.90 bits per heavy atom. The number of hydrogen-bond acceptors (Lipinski definition) is 2. The number of rotatable bonds is 6. The molecule has 0 spiro atoms. The molecule has 1 N–H and O–H groups in total. The standard InChI is InChI=1S/C16H21NO3/c1-3-4-7-17(14-5-6-14)15(18)12-8-11(2)9-13(10-12)16(19)20/h8-10,14H,3-7H2,1-2H3,(H,19,20). The fourth-order valence-electron chi connectivity index (χ4n) is 2.36. The maximum absolute atomic E-state index is 12.6. The van der Waals surface area contributed by atoms with E-state index in [0.29, 0.717) is 11.6 Å². The minimum atomic E-state index is -0.991. The van der Waals surface area contributed by atoms with Gasteiger partial charge < -0.3 is 10.0 Å². The van der Waals surface area contributed by atoms with Gasteiger partial charge in [-0.15, -0.1) is 0 Å². The molecule has 0 aromatic heterocycles. The molecule has 1 aromatic rings. The molecule has 4 heteroatoms. The molecular formula is C16H21NO3. The highest BCUT2D eigenvalue weighted by Gasteiger charge is 2.32. The number of nitrogens with zero attached hydrogens (tertiary/aromatic N) is 1. The maximum Gasteiger partial charge on any atom is 0.335 e. The first-order chi connectivity index (χ1) is 9.52. The molecule has 1 saturated carbocycles. The number of carbonyl (C=O) groups excluding carboxylic acids is 1. The van der Waals surface area contributed by atoms with Gasteiger partial charge in [-0.05, 0) is 49.9 Å². The summed E-state index contributed by atoms with van der Waals surface area (Å²) in [6.07, 6.45) is 4.16. The van der Waals surface area contributed by atoms with Crippen molar-refractivity contribution >= 4 is 11.9 Å². The second kappa shape index (κ2) is 6.07. The normalized spacial score (nSPS) is 14.1. The van der Waals surface area contributed by atoms with Crippen molar-refractivity contribution in [3.05, 3.63) is 34.9 Å². The Labute approximate surface area is 119 Å². The molecule has 108 valence electrons. The fourth-order valence-corrected chi connectivity index (χ4v) is 2.36. The summed E-state index contributed by atoms with van der Waals surface area (Å²) in [5, 5.41) is 9.09. The average molecular weight is 275 g/mol. The lowest BCUT2D eigenvalue weighted by Crippen LogP contribution is -2.34. The summed E-state index contributed by atoms with van der Waals surface area (Å²) in [4.78, 5) is 25.6. The van der Waals surface area contributed by atoms with Gasteiger partial charge in [-0.1, -0.05) is 13.3 Å². The molecule has 1 aliphatic carbocycles. The van der Waals surface area contributed by atoms with E-state index in [9.17, 15) is 9.59 Å². The van der Waals surface area contributed by atoms with Crippen molar-refractivity contribution in [1.29, 1.82) is 0 Å². The average Bonchev–Trinajstić information content (AvgIpc) is 3.22. The number of carboxylic acids is 1. The zero-order valence-corrected chi connectivity index (χ0v) is 12.1. The number of aryl methyl sites for hydroxylation is 1. The number of aromatic carboxylic acids is 1. The molecule has 0 saturated heterocycles. The Hall–Kier alpha value is -1.84. The van der Waals surface area contributed by atoms with Crippen molar-refractivity contribution in [2.24, 2.45) is 0 Å². The predicted molar refractivity (Wildman–Crippen MR) is 77.1 cm³/mol. The molecule has 20 heavy (non-hydrogen) atoms. The summed E-state index contributed by atoms with van der Waals surface area (Å²) in [6.45, 7) is 4.68. The highest BCUT2D eigenvalue weighted by Crippen LogP contribution is 2.29. The minimum Gasteiger partial charge on any atom is -0.478 e. The molecule has 0 bridgehead atoms. The molecular weight excluding hydrogens is 254 g/mol. The van der Waals surface area contributed by atoms with E-state index in [1.807, 2.05) is 11.8 Å². The van der Waals surface area contributed by atoms with Crippen molar-refractivity contribution in [3.63, 3.8) is 0 Å². The van der Waals surface area contributed by atoms with E-state index < -0.39 is 5.97 Å². The van der Waals surface area contributed by atoms with Crippen LogP contribution in [0.4, 0.5) is 0 Å². The van der Waals surface area contributed by atoms with Crippen LogP contribution in [-0.2, 0) is 0 Å². The molecule has 1 aliphatic rings. The van der Waals surface area contributed by atoms with Gasteiger partial charge in [0.05, 0.1) is 5.56 Å². The fraction of sp³-hybridized carbons (Fsp3) is 0.500. The van der Waals surface area contributed by atoms with E-state index >= 15 is 0 Å². The molecule has 0 aliphatic heterocycles. The summed E-state index contributed by atoms with van der Waals surface area (Å²) < 4.78 is 0. The van der Waals surface area contributed by atoms with Crippen molar-refractivity contribution < 1.29 is 14.7 Å². The first kappa shape index (κ1) is 14.6. The molecule has 1 amide bonds. The summed E-state index contributed by atoms with van der Waals surface area (Å²) in [6, 6.07) is 5.20. The zero-order chi connectivity index (χ0) is 14.7. The predicted octanol–water partition coefficient (Wildman–Crippen LogP) is 3.10. The third kappa shape index (κ3) is 3.38. The molecule has 0 atom stereocenters. The topological polar surface area (TPSA) is 57.6 Å².